The third-order valence-corrected chi connectivity index (χ3v) is 2.68. The molecule has 0 saturated carbocycles. The summed E-state index contributed by atoms with van der Waals surface area (Å²) in [7, 11) is 12.9. The van der Waals surface area contributed by atoms with Crippen molar-refractivity contribution in [1.29, 1.82) is 0 Å². The smallest absolute Gasteiger partial charge is 0.189 e. The molecule has 4 radical (unpaired) electrons. The van der Waals surface area contributed by atoms with Crippen molar-refractivity contribution in [3.63, 3.8) is 0 Å². The molecule has 0 bridgehead atoms. The first-order valence-electron chi connectivity index (χ1n) is 5.19. The van der Waals surface area contributed by atoms with E-state index in [4.69, 9.17) is 25.2 Å². The Labute approximate surface area is 102 Å². The molecule has 1 aliphatic rings. The Kier molecular flexibility index (Phi) is 2.91. The molecule has 84 valence electrons. The van der Waals surface area contributed by atoms with Crippen molar-refractivity contribution in [2.24, 2.45) is 0 Å². The average molecular weight is 227 g/mol. The van der Waals surface area contributed by atoms with Gasteiger partial charge in [0.25, 0.3) is 0 Å². The first-order valence-corrected chi connectivity index (χ1v) is 5.19. The van der Waals surface area contributed by atoms with Gasteiger partial charge >= 0.3 is 0 Å². The standard InChI is InChI=1S/C11H11B2NO3/c1-11(13,14-2)9(15)6-3-4-7-8(5-6)17-10(12)16-7/h3-5,10,14H,1-2H3. The highest BCUT2D eigenvalue weighted by Gasteiger charge is 2.28. The summed E-state index contributed by atoms with van der Waals surface area (Å²) in [6.45, 7) is 1.60. The van der Waals surface area contributed by atoms with Crippen LogP contribution in [0.4, 0.5) is 0 Å². The van der Waals surface area contributed by atoms with Crippen LogP contribution >= 0.6 is 0 Å². The SMILES string of the molecule is [B]C1Oc2ccc(C(=O)C([B])(C)NC)cc2O1. The van der Waals surface area contributed by atoms with Crippen molar-refractivity contribution in [2.45, 2.75) is 18.6 Å². The molecule has 0 fully saturated rings. The number of benzene rings is 1. The van der Waals surface area contributed by atoms with Gasteiger partial charge in [0.05, 0.1) is 0 Å². The Bertz CT molecular complexity index is 462. The van der Waals surface area contributed by atoms with E-state index >= 15 is 0 Å². The molecule has 17 heavy (non-hydrogen) atoms. The minimum atomic E-state index is -1.12. The molecule has 0 aromatic heterocycles. The van der Waals surface area contributed by atoms with E-state index in [9.17, 15) is 4.79 Å². The molecule has 1 aromatic carbocycles. The number of hydrogen-bond donors (Lipinski definition) is 1. The highest BCUT2D eigenvalue weighted by atomic mass is 16.7. The lowest BCUT2D eigenvalue weighted by Crippen LogP contribution is -2.48. The zero-order valence-electron chi connectivity index (χ0n) is 9.69. The predicted octanol–water partition coefficient (Wildman–Crippen LogP) is 0.197. The quantitative estimate of drug-likeness (QED) is 0.591. The van der Waals surface area contributed by atoms with Crippen LogP contribution in [-0.2, 0) is 0 Å². The monoisotopic (exact) mass is 227 g/mol. The zero-order valence-corrected chi connectivity index (χ0v) is 9.69. The second-order valence-corrected chi connectivity index (χ2v) is 4.05. The maximum Gasteiger partial charge on any atom is 0.189 e. The maximum atomic E-state index is 12.1. The summed E-state index contributed by atoms with van der Waals surface area (Å²) >= 11 is 0. The summed E-state index contributed by atoms with van der Waals surface area (Å²) in [6.07, 6.45) is -0.816. The van der Waals surface area contributed by atoms with Crippen LogP contribution in [0, 0.1) is 0 Å². The van der Waals surface area contributed by atoms with Crippen LogP contribution in [0.25, 0.3) is 0 Å². The molecule has 1 aromatic rings. The highest BCUT2D eigenvalue weighted by Crippen LogP contribution is 2.35. The van der Waals surface area contributed by atoms with Crippen LogP contribution in [0.2, 0.25) is 0 Å². The third-order valence-electron chi connectivity index (χ3n) is 2.68. The number of nitrogens with one attached hydrogen (secondary N) is 1. The average Bonchev–Trinajstić information content (AvgIpc) is 2.66. The Morgan fingerprint density at radius 2 is 2.06 bits per heavy atom. The number of carbonyl (C=O) groups is 1. The number of ether oxygens (including phenoxy) is 2. The molecule has 2 rings (SSSR count). The Hall–Kier alpha value is -1.42. The van der Waals surface area contributed by atoms with Gasteiger partial charge in [-0.3, -0.25) is 4.79 Å². The summed E-state index contributed by atoms with van der Waals surface area (Å²) in [4.78, 5) is 12.1. The van der Waals surface area contributed by atoms with Gasteiger partial charge in [-0.15, -0.1) is 0 Å². The van der Waals surface area contributed by atoms with Crippen LogP contribution < -0.4 is 14.8 Å². The van der Waals surface area contributed by atoms with Gasteiger partial charge in [-0.2, -0.15) is 0 Å². The molecule has 2 unspecified atom stereocenters. The summed E-state index contributed by atoms with van der Waals surface area (Å²) in [5.74, 6) is 0.749. The number of fused-ring (bicyclic) bond motifs is 1. The van der Waals surface area contributed by atoms with Crippen LogP contribution in [0.1, 0.15) is 17.3 Å². The molecular weight excluding hydrogens is 216 g/mol. The van der Waals surface area contributed by atoms with E-state index in [0.717, 1.165) is 0 Å². The van der Waals surface area contributed by atoms with Crippen LogP contribution in [0.5, 0.6) is 11.5 Å². The van der Waals surface area contributed by atoms with Crippen molar-refractivity contribution in [1.82, 2.24) is 5.32 Å². The minimum Gasteiger partial charge on any atom is -0.461 e. The van der Waals surface area contributed by atoms with Gasteiger partial charge in [-0.25, -0.2) is 0 Å². The maximum absolute atomic E-state index is 12.1. The van der Waals surface area contributed by atoms with Gasteiger partial charge in [0, 0.05) is 11.0 Å². The second kappa shape index (κ2) is 4.11. The van der Waals surface area contributed by atoms with Crippen LogP contribution in [0.15, 0.2) is 18.2 Å². The van der Waals surface area contributed by atoms with Crippen molar-refractivity contribution < 1.29 is 14.3 Å². The topological polar surface area (TPSA) is 47.6 Å². The van der Waals surface area contributed by atoms with Crippen LogP contribution in [0.3, 0.4) is 0 Å². The number of likely N-dealkylation sites (N-methyl/N-ethyl adjacent to an activating group) is 1. The summed E-state index contributed by atoms with van der Waals surface area (Å²) in [6, 6.07) is 4.85. The minimum absolute atomic E-state index is 0.230. The van der Waals surface area contributed by atoms with E-state index in [1.807, 2.05) is 0 Å². The lowest BCUT2D eigenvalue weighted by molar-refractivity contribution is 0.0931. The van der Waals surface area contributed by atoms with E-state index in [1.54, 1.807) is 32.2 Å². The third kappa shape index (κ3) is 2.17. The molecule has 0 saturated heterocycles. The number of hydrogen-bond acceptors (Lipinski definition) is 4. The molecule has 1 aliphatic heterocycles. The second-order valence-electron chi connectivity index (χ2n) is 4.05. The van der Waals surface area contributed by atoms with Gasteiger partial charge in [0.1, 0.15) is 7.85 Å². The fourth-order valence-electron chi connectivity index (χ4n) is 1.53. The summed E-state index contributed by atoms with van der Waals surface area (Å²) < 4.78 is 10.3. The van der Waals surface area contributed by atoms with Crippen LogP contribution in [-0.4, -0.2) is 40.2 Å². The Morgan fingerprint density at radius 1 is 1.41 bits per heavy atom. The molecule has 1 N–H and O–H groups in total. The van der Waals surface area contributed by atoms with Gasteiger partial charge in [0.15, 0.2) is 31.3 Å². The van der Waals surface area contributed by atoms with Gasteiger partial charge in [-0.1, -0.05) is 0 Å². The molecule has 2 atom stereocenters. The van der Waals surface area contributed by atoms with Crippen molar-refractivity contribution in [3.8, 4) is 11.5 Å². The molecule has 4 nitrogen and oxygen atoms in total. The van der Waals surface area contributed by atoms with E-state index in [2.05, 4.69) is 5.32 Å². The zero-order chi connectivity index (χ0) is 12.6. The number of Topliss-reactive ketones (excluding diaryl/α,β-unsaturated/α-hetero) is 1. The van der Waals surface area contributed by atoms with E-state index in [-0.39, 0.29) is 5.78 Å². The molecule has 0 aliphatic carbocycles. The normalized spacial score (nSPS) is 20.9. The van der Waals surface area contributed by atoms with Gasteiger partial charge < -0.3 is 14.8 Å². The van der Waals surface area contributed by atoms with E-state index in [1.165, 1.54) is 0 Å². The fourth-order valence-corrected chi connectivity index (χ4v) is 1.53. The number of ketones is 1. The van der Waals surface area contributed by atoms with Gasteiger partial charge in [0.2, 0.25) is 0 Å². The molecule has 0 spiro atoms. The number of carbonyl (C=O) groups excluding carboxylic acids is 1. The predicted molar refractivity (Wildman–Crippen MR) is 64.8 cm³/mol. The Balaban J connectivity index is 2.31. The van der Waals surface area contributed by atoms with Crippen molar-refractivity contribution in [3.05, 3.63) is 23.8 Å². The molecule has 0 amide bonds. The van der Waals surface area contributed by atoms with Gasteiger partial charge in [-0.05, 0) is 32.2 Å². The van der Waals surface area contributed by atoms with E-state index in [0.29, 0.717) is 17.1 Å². The molecule has 1 heterocycles. The first kappa shape index (κ1) is 12.0. The van der Waals surface area contributed by atoms with E-state index < -0.39 is 11.6 Å². The lowest BCUT2D eigenvalue weighted by atomic mass is 9.74. The molecular formula is C11H11B2NO3. The number of rotatable bonds is 3. The Morgan fingerprint density at radius 3 is 2.71 bits per heavy atom. The van der Waals surface area contributed by atoms with Crippen molar-refractivity contribution in [2.75, 3.05) is 7.05 Å². The summed E-state index contributed by atoms with van der Waals surface area (Å²) in [5.41, 5.74) is -0.670. The largest absolute Gasteiger partial charge is 0.461 e. The fraction of sp³-hybridized carbons (Fsp3) is 0.364. The first-order chi connectivity index (χ1) is 7.94. The molecule has 6 heteroatoms. The van der Waals surface area contributed by atoms with Crippen molar-refractivity contribution >= 4 is 21.5 Å². The highest BCUT2D eigenvalue weighted by molar-refractivity contribution is 6.32. The summed E-state index contributed by atoms with van der Waals surface area (Å²) in [5, 5.41) is 2.75. The lowest BCUT2D eigenvalue weighted by Gasteiger charge is -2.22.